The van der Waals surface area contributed by atoms with E-state index < -0.39 is 0 Å². The van der Waals surface area contributed by atoms with E-state index in [9.17, 15) is 0 Å². The lowest BCUT2D eigenvalue weighted by atomic mass is 9.79. The van der Waals surface area contributed by atoms with Gasteiger partial charge in [0.2, 0.25) is 0 Å². The van der Waals surface area contributed by atoms with Crippen LogP contribution in [0.5, 0.6) is 0 Å². The predicted octanol–water partition coefficient (Wildman–Crippen LogP) is 1.16. The fourth-order valence-corrected chi connectivity index (χ4v) is 2.48. The molecule has 0 spiro atoms. The van der Waals surface area contributed by atoms with Gasteiger partial charge in [-0.2, -0.15) is 0 Å². The maximum absolute atomic E-state index is 5.99. The van der Waals surface area contributed by atoms with Crippen molar-refractivity contribution in [2.24, 2.45) is 0 Å². The molecule has 5 nitrogen and oxygen atoms in total. The summed E-state index contributed by atoms with van der Waals surface area (Å²) in [7, 11) is 1.72. The molecule has 2 N–H and O–H groups in total. The van der Waals surface area contributed by atoms with E-state index in [4.69, 9.17) is 15.2 Å². The summed E-state index contributed by atoms with van der Waals surface area (Å²) in [4.78, 5) is 9.06. The second-order valence-electron chi connectivity index (χ2n) is 4.71. The fraction of sp³-hybridized carbons (Fsp3) is 0.667. The first-order valence-electron chi connectivity index (χ1n) is 6.04. The van der Waals surface area contributed by atoms with Gasteiger partial charge in [-0.1, -0.05) is 0 Å². The molecule has 0 unspecified atom stereocenters. The maximum atomic E-state index is 5.99. The number of anilines is 1. The Morgan fingerprint density at radius 2 is 2.18 bits per heavy atom. The van der Waals surface area contributed by atoms with Crippen LogP contribution in [-0.4, -0.2) is 23.7 Å². The first kappa shape index (κ1) is 10.9. The highest BCUT2D eigenvalue weighted by atomic mass is 16.5. The Bertz CT molecular complexity index is 438. The predicted molar refractivity (Wildman–Crippen MR) is 62.3 cm³/mol. The van der Waals surface area contributed by atoms with Gasteiger partial charge in [0.15, 0.2) is 5.82 Å². The molecule has 92 valence electrons. The lowest BCUT2D eigenvalue weighted by molar-refractivity contribution is -0.0848. The van der Waals surface area contributed by atoms with Crippen molar-refractivity contribution in [3.8, 4) is 0 Å². The van der Waals surface area contributed by atoms with E-state index in [1.54, 1.807) is 7.11 Å². The second-order valence-corrected chi connectivity index (χ2v) is 4.71. The zero-order valence-corrected chi connectivity index (χ0v) is 10.0. The summed E-state index contributed by atoms with van der Waals surface area (Å²) in [5.41, 5.74) is 7.67. The SMILES string of the molecule is COC1(c2nc(N)c3c(n2)CCOC3)CCC1. The minimum absolute atomic E-state index is 0.290. The molecule has 17 heavy (non-hydrogen) atoms. The van der Waals surface area contributed by atoms with Crippen molar-refractivity contribution in [3.05, 3.63) is 17.1 Å². The van der Waals surface area contributed by atoms with Crippen molar-refractivity contribution >= 4 is 5.82 Å². The number of fused-ring (bicyclic) bond motifs is 1. The normalized spacial score (nSPS) is 21.7. The van der Waals surface area contributed by atoms with Gasteiger partial charge in [-0.3, -0.25) is 0 Å². The number of hydrogen-bond acceptors (Lipinski definition) is 5. The standard InChI is InChI=1S/C12H17N3O2/c1-16-12(4-2-5-12)11-14-9-3-6-17-7-8(9)10(13)15-11/h2-7H2,1H3,(H2,13,14,15). The topological polar surface area (TPSA) is 70.3 Å². The lowest BCUT2D eigenvalue weighted by Gasteiger charge is -2.39. The Balaban J connectivity index is 2.04. The summed E-state index contributed by atoms with van der Waals surface area (Å²) in [6, 6.07) is 0. The molecule has 0 atom stereocenters. The molecule has 0 aromatic carbocycles. The summed E-state index contributed by atoms with van der Waals surface area (Å²) in [6.45, 7) is 1.24. The summed E-state index contributed by atoms with van der Waals surface area (Å²) in [5, 5.41) is 0. The van der Waals surface area contributed by atoms with Crippen molar-refractivity contribution in [2.45, 2.75) is 37.9 Å². The van der Waals surface area contributed by atoms with Crippen LogP contribution in [0, 0.1) is 0 Å². The molecule has 0 saturated heterocycles. The molecule has 1 aliphatic heterocycles. The van der Waals surface area contributed by atoms with Crippen LogP contribution < -0.4 is 5.73 Å². The van der Waals surface area contributed by atoms with Gasteiger partial charge in [-0.15, -0.1) is 0 Å². The molecular weight excluding hydrogens is 218 g/mol. The third-order valence-electron chi connectivity index (χ3n) is 3.81. The van der Waals surface area contributed by atoms with Crippen LogP contribution in [-0.2, 0) is 28.1 Å². The number of nitrogen functional groups attached to an aromatic ring is 1. The monoisotopic (exact) mass is 235 g/mol. The quantitative estimate of drug-likeness (QED) is 0.832. The third kappa shape index (κ3) is 1.61. The van der Waals surface area contributed by atoms with Crippen LogP contribution in [0.3, 0.4) is 0 Å². The minimum atomic E-state index is -0.290. The van der Waals surface area contributed by atoms with E-state index in [1.807, 2.05) is 0 Å². The molecule has 3 rings (SSSR count). The van der Waals surface area contributed by atoms with E-state index >= 15 is 0 Å². The Labute approximate surface area is 100 Å². The molecule has 2 heterocycles. The number of hydrogen-bond donors (Lipinski definition) is 1. The summed E-state index contributed by atoms with van der Waals surface area (Å²) in [6.07, 6.45) is 3.95. The number of rotatable bonds is 2. The Morgan fingerprint density at radius 1 is 1.35 bits per heavy atom. The van der Waals surface area contributed by atoms with Gasteiger partial charge in [-0.25, -0.2) is 9.97 Å². The Hall–Kier alpha value is -1.20. The van der Waals surface area contributed by atoms with E-state index in [0.717, 1.165) is 42.8 Å². The van der Waals surface area contributed by atoms with Crippen molar-refractivity contribution in [3.63, 3.8) is 0 Å². The number of nitrogens with zero attached hydrogens (tertiary/aromatic N) is 2. The van der Waals surface area contributed by atoms with Gasteiger partial charge in [0, 0.05) is 19.1 Å². The smallest absolute Gasteiger partial charge is 0.162 e. The summed E-state index contributed by atoms with van der Waals surface area (Å²) < 4.78 is 11.0. The number of methoxy groups -OCH3 is 1. The fourth-order valence-electron chi connectivity index (χ4n) is 2.48. The molecule has 2 aliphatic rings. The molecule has 1 aromatic rings. The third-order valence-corrected chi connectivity index (χ3v) is 3.81. The van der Waals surface area contributed by atoms with E-state index in [1.165, 1.54) is 0 Å². The minimum Gasteiger partial charge on any atom is -0.383 e. The maximum Gasteiger partial charge on any atom is 0.162 e. The highest BCUT2D eigenvalue weighted by molar-refractivity contribution is 5.43. The lowest BCUT2D eigenvalue weighted by Crippen LogP contribution is -2.39. The highest BCUT2D eigenvalue weighted by Gasteiger charge is 2.42. The van der Waals surface area contributed by atoms with Gasteiger partial charge < -0.3 is 15.2 Å². The molecule has 1 aliphatic carbocycles. The van der Waals surface area contributed by atoms with Crippen LogP contribution in [0.25, 0.3) is 0 Å². The van der Waals surface area contributed by atoms with Crippen LogP contribution in [0.4, 0.5) is 5.82 Å². The van der Waals surface area contributed by atoms with Gasteiger partial charge in [0.1, 0.15) is 11.4 Å². The van der Waals surface area contributed by atoms with Crippen molar-refractivity contribution in [1.82, 2.24) is 9.97 Å². The van der Waals surface area contributed by atoms with E-state index in [-0.39, 0.29) is 5.60 Å². The average molecular weight is 235 g/mol. The van der Waals surface area contributed by atoms with E-state index in [2.05, 4.69) is 9.97 Å². The van der Waals surface area contributed by atoms with E-state index in [0.29, 0.717) is 19.0 Å². The molecule has 5 heteroatoms. The van der Waals surface area contributed by atoms with Crippen molar-refractivity contribution in [1.29, 1.82) is 0 Å². The zero-order chi connectivity index (χ0) is 11.9. The largest absolute Gasteiger partial charge is 0.383 e. The first-order chi connectivity index (χ1) is 8.25. The van der Waals surface area contributed by atoms with Gasteiger partial charge >= 0.3 is 0 Å². The van der Waals surface area contributed by atoms with Crippen LogP contribution in [0.1, 0.15) is 36.3 Å². The van der Waals surface area contributed by atoms with Gasteiger partial charge in [-0.05, 0) is 19.3 Å². The molecular formula is C12H17N3O2. The van der Waals surface area contributed by atoms with Crippen LogP contribution in [0.15, 0.2) is 0 Å². The molecule has 0 amide bonds. The molecule has 0 radical (unpaired) electrons. The van der Waals surface area contributed by atoms with Crippen molar-refractivity contribution in [2.75, 3.05) is 19.5 Å². The Kier molecular flexibility index (Phi) is 2.52. The van der Waals surface area contributed by atoms with Crippen LogP contribution in [0.2, 0.25) is 0 Å². The second kappa shape index (κ2) is 3.92. The molecule has 0 bridgehead atoms. The first-order valence-corrected chi connectivity index (χ1v) is 6.04. The van der Waals surface area contributed by atoms with Gasteiger partial charge in [0.25, 0.3) is 0 Å². The average Bonchev–Trinajstić information content (AvgIpc) is 2.28. The number of ether oxygens (including phenoxy) is 2. The Morgan fingerprint density at radius 3 is 2.82 bits per heavy atom. The number of nitrogens with two attached hydrogens (primary N) is 1. The molecule has 1 saturated carbocycles. The zero-order valence-electron chi connectivity index (χ0n) is 10.0. The highest BCUT2D eigenvalue weighted by Crippen LogP contribution is 2.43. The van der Waals surface area contributed by atoms with Crippen LogP contribution >= 0.6 is 0 Å². The van der Waals surface area contributed by atoms with Crippen molar-refractivity contribution < 1.29 is 9.47 Å². The molecule has 1 fully saturated rings. The van der Waals surface area contributed by atoms with Gasteiger partial charge in [0.05, 0.1) is 18.9 Å². The molecule has 1 aromatic heterocycles. The summed E-state index contributed by atoms with van der Waals surface area (Å²) in [5.74, 6) is 1.30. The summed E-state index contributed by atoms with van der Waals surface area (Å²) >= 11 is 0. The number of aromatic nitrogens is 2.